The molecule has 0 aromatic heterocycles. The van der Waals surface area contributed by atoms with E-state index in [0.717, 1.165) is 5.56 Å². The Hall–Kier alpha value is -1.11. The van der Waals surface area contributed by atoms with Crippen molar-refractivity contribution in [2.75, 3.05) is 6.26 Å². The number of carbonyl (C=O) groups excluding carboxylic acids is 1. The van der Waals surface area contributed by atoms with Gasteiger partial charge in [0.05, 0.1) is 11.2 Å². The lowest BCUT2D eigenvalue weighted by Gasteiger charge is -2.29. The molecule has 1 amide bonds. The molecule has 2 rings (SSSR count). The van der Waals surface area contributed by atoms with Crippen LogP contribution in [0, 0.1) is 5.92 Å². The van der Waals surface area contributed by atoms with E-state index in [1.165, 1.54) is 6.26 Å². The zero-order valence-electron chi connectivity index (χ0n) is 14.1. The normalized spacial score (nSPS) is 23.6. The molecule has 1 aromatic rings. The van der Waals surface area contributed by atoms with Crippen molar-refractivity contribution < 1.29 is 13.2 Å². The number of rotatable bonds is 5. The van der Waals surface area contributed by atoms with Gasteiger partial charge in [-0.3, -0.25) is 4.79 Å². The van der Waals surface area contributed by atoms with Crippen LogP contribution in [0.15, 0.2) is 30.3 Å². The molecule has 0 aliphatic heterocycles. The summed E-state index contributed by atoms with van der Waals surface area (Å²) in [7, 11) is -2.98. The Morgan fingerprint density at radius 1 is 1.17 bits per heavy atom. The summed E-state index contributed by atoms with van der Waals surface area (Å²) in [5.41, 5.74) is 7.12. The van der Waals surface area contributed by atoms with Gasteiger partial charge >= 0.3 is 0 Å². The lowest BCUT2D eigenvalue weighted by molar-refractivity contribution is -0.126. The number of nitrogens with two attached hydrogens (primary N) is 1. The molecular weight excluding hydrogens is 348 g/mol. The minimum absolute atomic E-state index is 0. The van der Waals surface area contributed by atoms with E-state index < -0.39 is 9.84 Å². The molecule has 0 radical (unpaired) electrons. The third-order valence-electron chi connectivity index (χ3n) is 4.76. The lowest BCUT2D eigenvalue weighted by Crippen LogP contribution is -2.44. The van der Waals surface area contributed by atoms with Gasteiger partial charge in [0.25, 0.3) is 0 Å². The van der Waals surface area contributed by atoms with Crippen LogP contribution in [0.1, 0.15) is 44.2 Å². The average molecular weight is 375 g/mol. The van der Waals surface area contributed by atoms with Gasteiger partial charge in [0, 0.05) is 18.3 Å². The summed E-state index contributed by atoms with van der Waals surface area (Å²) in [4.78, 5) is 12.4. The summed E-state index contributed by atoms with van der Waals surface area (Å²) in [5, 5.41) is 2.76. The SMILES string of the molecule is CC(C(=O)NC1CCC(S(C)(=O)=O)CC1)C(N)c1ccccc1.Cl. The fraction of sp³-hybridized carbons (Fsp3) is 0.588. The van der Waals surface area contributed by atoms with E-state index in [2.05, 4.69) is 5.32 Å². The Morgan fingerprint density at radius 2 is 1.71 bits per heavy atom. The largest absolute Gasteiger partial charge is 0.353 e. The molecule has 2 unspecified atom stereocenters. The average Bonchev–Trinajstić information content (AvgIpc) is 2.54. The summed E-state index contributed by atoms with van der Waals surface area (Å²) in [6, 6.07) is 9.28. The summed E-state index contributed by atoms with van der Waals surface area (Å²) in [6.45, 7) is 1.83. The van der Waals surface area contributed by atoms with E-state index in [1.54, 1.807) is 0 Å². The molecule has 0 saturated heterocycles. The molecule has 24 heavy (non-hydrogen) atoms. The van der Waals surface area contributed by atoms with Crippen LogP contribution in [0.3, 0.4) is 0 Å². The molecule has 0 heterocycles. The van der Waals surface area contributed by atoms with Gasteiger partial charge in [0.1, 0.15) is 9.84 Å². The zero-order chi connectivity index (χ0) is 17.0. The summed E-state index contributed by atoms with van der Waals surface area (Å²) >= 11 is 0. The number of hydrogen-bond donors (Lipinski definition) is 2. The monoisotopic (exact) mass is 374 g/mol. The highest BCUT2D eigenvalue weighted by atomic mass is 35.5. The van der Waals surface area contributed by atoms with Crippen molar-refractivity contribution in [1.82, 2.24) is 5.32 Å². The smallest absolute Gasteiger partial charge is 0.224 e. The predicted molar refractivity (Wildman–Crippen MR) is 98.8 cm³/mol. The molecule has 0 spiro atoms. The maximum Gasteiger partial charge on any atom is 0.224 e. The molecule has 1 aliphatic carbocycles. The maximum atomic E-state index is 12.4. The Balaban J connectivity index is 0.00000288. The fourth-order valence-electron chi connectivity index (χ4n) is 3.09. The number of carbonyl (C=O) groups is 1. The fourth-order valence-corrected chi connectivity index (χ4v) is 4.22. The number of sulfone groups is 1. The molecule has 1 saturated carbocycles. The van der Waals surface area contributed by atoms with E-state index in [1.807, 2.05) is 37.3 Å². The standard InChI is InChI=1S/C17H26N2O3S.ClH/c1-12(16(18)13-6-4-3-5-7-13)17(20)19-14-8-10-15(11-9-14)23(2,21)22;/h3-7,12,14-16H,8-11,18H2,1-2H3,(H,19,20);1H. The lowest BCUT2D eigenvalue weighted by atomic mass is 9.92. The van der Waals surface area contributed by atoms with Crippen LogP contribution in [-0.2, 0) is 14.6 Å². The van der Waals surface area contributed by atoms with E-state index >= 15 is 0 Å². The topological polar surface area (TPSA) is 89.3 Å². The van der Waals surface area contributed by atoms with Crippen molar-refractivity contribution in [3.8, 4) is 0 Å². The van der Waals surface area contributed by atoms with Crippen LogP contribution in [0.2, 0.25) is 0 Å². The maximum absolute atomic E-state index is 12.4. The minimum Gasteiger partial charge on any atom is -0.353 e. The third kappa shape index (κ3) is 5.46. The second kappa shape index (κ2) is 8.83. The van der Waals surface area contributed by atoms with Gasteiger partial charge in [-0.2, -0.15) is 0 Å². The second-order valence-electron chi connectivity index (χ2n) is 6.54. The van der Waals surface area contributed by atoms with Gasteiger partial charge < -0.3 is 11.1 Å². The Kier molecular flexibility index (Phi) is 7.70. The van der Waals surface area contributed by atoms with Gasteiger partial charge in [0.15, 0.2) is 0 Å². The Bertz CT molecular complexity index is 628. The highest BCUT2D eigenvalue weighted by molar-refractivity contribution is 7.91. The number of halogens is 1. The first kappa shape index (κ1) is 20.9. The second-order valence-corrected chi connectivity index (χ2v) is 8.86. The van der Waals surface area contributed by atoms with Crippen LogP contribution in [0.4, 0.5) is 0 Å². The Morgan fingerprint density at radius 3 is 2.21 bits per heavy atom. The zero-order valence-corrected chi connectivity index (χ0v) is 15.8. The molecular formula is C17H27ClN2O3S. The summed E-state index contributed by atoms with van der Waals surface area (Å²) in [6.07, 6.45) is 3.93. The van der Waals surface area contributed by atoms with Crippen LogP contribution < -0.4 is 11.1 Å². The van der Waals surface area contributed by atoms with E-state index in [-0.39, 0.29) is 41.6 Å². The quantitative estimate of drug-likeness (QED) is 0.826. The molecule has 1 fully saturated rings. The highest BCUT2D eigenvalue weighted by Crippen LogP contribution is 2.25. The summed E-state index contributed by atoms with van der Waals surface area (Å²) in [5.74, 6) is -0.394. The Labute approximate surface area is 150 Å². The van der Waals surface area contributed by atoms with Crippen LogP contribution in [0.25, 0.3) is 0 Å². The van der Waals surface area contributed by atoms with Crippen molar-refractivity contribution in [2.45, 2.75) is 49.9 Å². The van der Waals surface area contributed by atoms with Crippen LogP contribution in [0.5, 0.6) is 0 Å². The van der Waals surface area contributed by atoms with Gasteiger partial charge in [-0.1, -0.05) is 37.3 Å². The first-order valence-electron chi connectivity index (χ1n) is 8.09. The molecule has 0 bridgehead atoms. The van der Waals surface area contributed by atoms with Crippen molar-refractivity contribution in [3.63, 3.8) is 0 Å². The van der Waals surface area contributed by atoms with Gasteiger partial charge in [-0.15, -0.1) is 12.4 Å². The van der Waals surface area contributed by atoms with Crippen molar-refractivity contribution in [1.29, 1.82) is 0 Å². The molecule has 5 nitrogen and oxygen atoms in total. The molecule has 1 aromatic carbocycles. The predicted octanol–water partition coefficient (Wildman–Crippen LogP) is 2.22. The minimum atomic E-state index is -2.98. The van der Waals surface area contributed by atoms with E-state index in [0.29, 0.717) is 25.7 Å². The number of benzene rings is 1. The molecule has 7 heteroatoms. The molecule has 2 atom stereocenters. The molecule has 1 aliphatic rings. The number of hydrogen-bond acceptors (Lipinski definition) is 4. The van der Waals surface area contributed by atoms with Crippen LogP contribution >= 0.6 is 12.4 Å². The van der Waals surface area contributed by atoms with Crippen molar-refractivity contribution >= 4 is 28.2 Å². The number of amides is 1. The third-order valence-corrected chi connectivity index (χ3v) is 6.45. The first-order valence-corrected chi connectivity index (χ1v) is 10.0. The van der Waals surface area contributed by atoms with Gasteiger partial charge in [-0.05, 0) is 31.2 Å². The molecule has 136 valence electrons. The number of nitrogens with one attached hydrogen (secondary N) is 1. The van der Waals surface area contributed by atoms with Crippen LogP contribution in [-0.4, -0.2) is 31.9 Å². The highest BCUT2D eigenvalue weighted by Gasteiger charge is 2.30. The van der Waals surface area contributed by atoms with Gasteiger partial charge in [0.2, 0.25) is 5.91 Å². The van der Waals surface area contributed by atoms with Crippen molar-refractivity contribution in [3.05, 3.63) is 35.9 Å². The van der Waals surface area contributed by atoms with Gasteiger partial charge in [-0.25, -0.2) is 8.42 Å². The van der Waals surface area contributed by atoms with Crippen molar-refractivity contribution in [2.24, 2.45) is 11.7 Å². The molecule has 3 N–H and O–H groups in total. The van der Waals surface area contributed by atoms with E-state index in [4.69, 9.17) is 5.73 Å². The first-order chi connectivity index (χ1) is 10.8. The van der Waals surface area contributed by atoms with E-state index in [9.17, 15) is 13.2 Å². The summed E-state index contributed by atoms with van der Waals surface area (Å²) < 4.78 is 23.1.